The molecule has 1 amide bonds. The number of benzene rings is 2. The largest absolute Gasteiger partial charge is 0.483 e. The summed E-state index contributed by atoms with van der Waals surface area (Å²) < 4.78 is 5.40. The first-order chi connectivity index (χ1) is 11.1. The molecule has 0 radical (unpaired) electrons. The maximum Gasteiger partial charge on any atom is 0.339 e. The number of carbonyl (C=O) groups excluding carboxylic acids is 1. The molecule has 0 bridgehead atoms. The van der Waals surface area contributed by atoms with Crippen molar-refractivity contribution >= 4 is 11.9 Å². The summed E-state index contributed by atoms with van der Waals surface area (Å²) in [6, 6.07) is 14.7. The molecule has 0 fully saturated rings. The van der Waals surface area contributed by atoms with E-state index in [1.54, 1.807) is 19.1 Å². The Labute approximate surface area is 134 Å². The molecule has 0 saturated heterocycles. The highest BCUT2D eigenvalue weighted by Gasteiger charge is 2.14. The van der Waals surface area contributed by atoms with Gasteiger partial charge in [-0.3, -0.25) is 4.79 Å². The van der Waals surface area contributed by atoms with Crippen LogP contribution in [0.1, 0.15) is 21.5 Å². The second-order valence-corrected chi connectivity index (χ2v) is 5.13. The minimum Gasteiger partial charge on any atom is -0.483 e. The molecule has 0 aliphatic rings. The van der Waals surface area contributed by atoms with E-state index in [0.29, 0.717) is 12.1 Å². The number of carboxylic acids is 1. The standard InChI is InChI=1S/C18H19NO4/c1-13-6-5-9-15(18(21)22)17(13)23-12-16(20)19-11-10-14-7-3-2-4-8-14/h2-9H,10-12H2,1H3,(H,19,20)(H,21,22). The van der Waals surface area contributed by atoms with Gasteiger partial charge in [-0.15, -0.1) is 0 Å². The van der Waals surface area contributed by atoms with E-state index < -0.39 is 5.97 Å². The molecule has 0 spiro atoms. The first kappa shape index (κ1) is 16.5. The molecule has 2 rings (SSSR count). The molecule has 0 aromatic heterocycles. The Morgan fingerprint density at radius 3 is 2.52 bits per heavy atom. The van der Waals surface area contributed by atoms with Gasteiger partial charge in [0.15, 0.2) is 6.61 Å². The van der Waals surface area contributed by atoms with E-state index in [4.69, 9.17) is 9.84 Å². The number of rotatable bonds is 7. The number of ether oxygens (including phenoxy) is 1. The monoisotopic (exact) mass is 313 g/mol. The molecule has 0 heterocycles. The summed E-state index contributed by atoms with van der Waals surface area (Å²) in [5.74, 6) is -1.12. The Kier molecular flexibility index (Phi) is 5.74. The zero-order chi connectivity index (χ0) is 16.7. The average Bonchev–Trinajstić information content (AvgIpc) is 2.54. The molecule has 23 heavy (non-hydrogen) atoms. The summed E-state index contributed by atoms with van der Waals surface area (Å²) in [4.78, 5) is 23.0. The van der Waals surface area contributed by atoms with E-state index in [0.717, 1.165) is 12.0 Å². The highest BCUT2D eigenvalue weighted by atomic mass is 16.5. The van der Waals surface area contributed by atoms with Gasteiger partial charge >= 0.3 is 5.97 Å². The zero-order valence-corrected chi connectivity index (χ0v) is 12.9. The Balaban J connectivity index is 1.84. The van der Waals surface area contributed by atoms with Crippen molar-refractivity contribution in [1.82, 2.24) is 5.32 Å². The number of hydrogen-bond donors (Lipinski definition) is 2. The van der Waals surface area contributed by atoms with Crippen LogP contribution < -0.4 is 10.1 Å². The van der Waals surface area contributed by atoms with Crippen LogP contribution >= 0.6 is 0 Å². The molecule has 2 aromatic rings. The topological polar surface area (TPSA) is 75.6 Å². The van der Waals surface area contributed by atoms with Crippen molar-refractivity contribution in [1.29, 1.82) is 0 Å². The Bertz CT molecular complexity index is 683. The molecule has 120 valence electrons. The quantitative estimate of drug-likeness (QED) is 0.823. The predicted octanol–water partition coefficient (Wildman–Crippen LogP) is 2.43. The molecule has 5 nitrogen and oxygen atoms in total. The fraction of sp³-hybridized carbons (Fsp3) is 0.222. The summed E-state index contributed by atoms with van der Waals surface area (Å²) in [5.41, 5.74) is 1.88. The Hall–Kier alpha value is -2.82. The summed E-state index contributed by atoms with van der Waals surface area (Å²) in [6.07, 6.45) is 0.733. The summed E-state index contributed by atoms with van der Waals surface area (Å²) in [5, 5.41) is 11.9. The second-order valence-electron chi connectivity index (χ2n) is 5.13. The number of para-hydroxylation sites is 1. The van der Waals surface area contributed by atoms with Crippen molar-refractivity contribution in [2.45, 2.75) is 13.3 Å². The van der Waals surface area contributed by atoms with Gasteiger partial charge in [-0.25, -0.2) is 4.79 Å². The van der Waals surface area contributed by atoms with Gasteiger partial charge in [-0.05, 0) is 30.5 Å². The molecule has 5 heteroatoms. The molecular formula is C18H19NO4. The SMILES string of the molecule is Cc1cccc(C(=O)O)c1OCC(=O)NCCc1ccccc1. The third-order valence-corrected chi connectivity index (χ3v) is 3.37. The lowest BCUT2D eigenvalue weighted by molar-refractivity contribution is -0.123. The molecule has 2 aromatic carbocycles. The second kappa shape index (κ2) is 7.98. The lowest BCUT2D eigenvalue weighted by atomic mass is 10.1. The maximum atomic E-state index is 11.8. The lowest BCUT2D eigenvalue weighted by Gasteiger charge is -2.12. The van der Waals surface area contributed by atoms with E-state index in [9.17, 15) is 9.59 Å². The van der Waals surface area contributed by atoms with Crippen molar-refractivity contribution in [3.05, 3.63) is 65.2 Å². The van der Waals surface area contributed by atoms with Crippen LogP contribution in [0.2, 0.25) is 0 Å². The van der Waals surface area contributed by atoms with E-state index in [-0.39, 0.29) is 23.8 Å². The first-order valence-corrected chi connectivity index (χ1v) is 7.34. The first-order valence-electron chi connectivity index (χ1n) is 7.34. The van der Waals surface area contributed by atoms with Gasteiger partial charge in [0.2, 0.25) is 0 Å². The Morgan fingerprint density at radius 1 is 1.09 bits per heavy atom. The fourth-order valence-electron chi connectivity index (χ4n) is 2.19. The molecular weight excluding hydrogens is 294 g/mol. The summed E-state index contributed by atoms with van der Waals surface area (Å²) in [6.45, 7) is 2.04. The van der Waals surface area contributed by atoms with Gasteiger partial charge in [-0.1, -0.05) is 42.5 Å². The molecule has 0 aliphatic heterocycles. The number of amides is 1. The Morgan fingerprint density at radius 2 is 1.83 bits per heavy atom. The molecule has 0 unspecified atom stereocenters. The minimum absolute atomic E-state index is 0.0575. The molecule has 0 atom stereocenters. The van der Waals surface area contributed by atoms with Crippen LogP contribution in [0.3, 0.4) is 0 Å². The normalized spacial score (nSPS) is 10.1. The zero-order valence-electron chi connectivity index (χ0n) is 12.9. The number of hydrogen-bond acceptors (Lipinski definition) is 3. The van der Waals surface area contributed by atoms with Crippen LogP contribution in [0.25, 0.3) is 0 Å². The summed E-state index contributed by atoms with van der Waals surface area (Å²) >= 11 is 0. The number of aromatic carboxylic acids is 1. The average molecular weight is 313 g/mol. The van der Waals surface area contributed by atoms with E-state index in [1.807, 2.05) is 30.3 Å². The van der Waals surface area contributed by atoms with Crippen LogP contribution in [0.15, 0.2) is 48.5 Å². The molecule has 0 saturated carbocycles. The fourth-order valence-corrected chi connectivity index (χ4v) is 2.19. The van der Waals surface area contributed by atoms with Gasteiger partial charge < -0.3 is 15.2 Å². The number of carbonyl (C=O) groups is 2. The third-order valence-electron chi connectivity index (χ3n) is 3.37. The van der Waals surface area contributed by atoms with Gasteiger partial charge in [0, 0.05) is 6.54 Å². The van der Waals surface area contributed by atoms with Crippen molar-refractivity contribution < 1.29 is 19.4 Å². The van der Waals surface area contributed by atoms with Gasteiger partial charge in [0.05, 0.1) is 0 Å². The highest BCUT2D eigenvalue weighted by molar-refractivity contribution is 5.91. The third kappa shape index (κ3) is 4.85. The smallest absolute Gasteiger partial charge is 0.339 e. The van der Waals surface area contributed by atoms with Crippen LogP contribution in [-0.2, 0) is 11.2 Å². The number of aryl methyl sites for hydroxylation is 1. The van der Waals surface area contributed by atoms with Crippen molar-refractivity contribution in [2.24, 2.45) is 0 Å². The predicted molar refractivity (Wildman–Crippen MR) is 86.8 cm³/mol. The van der Waals surface area contributed by atoms with Crippen molar-refractivity contribution in [3.63, 3.8) is 0 Å². The van der Waals surface area contributed by atoms with Crippen LogP contribution in [0, 0.1) is 6.92 Å². The van der Waals surface area contributed by atoms with E-state index in [2.05, 4.69) is 5.32 Å². The molecule has 2 N–H and O–H groups in total. The summed E-state index contributed by atoms with van der Waals surface area (Å²) in [7, 11) is 0. The van der Waals surface area contributed by atoms with Crippen molar-refractivity contribution in [2.75, 3.05) is 13.2 Å². The van der Waals surface area contributed by atoms with Crippen LogP contribution in [-0.4, -0.2) is 30.1 Å². The lowest BCUT2D eigenvalue weighted by Crippen LogP contribution is -2.30. The minimum atomic E-state index is -1.08. The van der Waals surface area contributed by atoms with Gasteiger partial charge in [-0.2, -0.15) is 0 Å². The molecule has 0 aliphatic carbocycles. The van der Waals surface area contributed by atoms with E-state index in [1.165, 1.54) is 6.07 Å². The highest BCUT2D eigenvalue weighted by Crippen LogP contribution is 2.23. The number of carboxylic acid groups (broad SMARTS) is 1. The number of nitrogens with one attached hydrogen (secondary N) is 1. The van der Waals surface area contributed by atoms with E-state index >= 15 is 0 Å². The van der Waals surface area contributed by atoms with Crippen LogP contribution in [0.5, 0.6) is 5.75 Å². The van der Waals surface area contributed by atoms with Crippen LogP contribution in [0.4, 0.5) is 0 Å². The van der Waals surface area contributed by atoms with Gasteiger partial charge in [0.25, 0.3) is 5.91 Å². The maximum absolute atomic E-state index is 11.8. The van der Waals surface area contributed by atoms with Crippen molar-refractivity contribution in [3.8, 4) is 5.75 Å². The van der Waals surface area contributed by atoms with Gasteiger partial charge in [0.1, 0.15) is 11.3 Å².